The summed E-state index contributed by atoms with van der Waals surface area (Å²) in [4.78, 5) is 0. The summed E-state index contributed by atoms with van der Waals surface area (Å²) in [6, 6.07) is 18.8. The van der Waals surface area contributed by atoms with Gasteiger partial charge in [-0.15, -0.1) is 0 Å². The molecule has 0 amide bonds. The number of hydrogen-bond donors (Lipinski definition) is 0. The first-order valence-corrected chi connectivity index (χ1v) is 6.38. The van der Waals surface area contributed by atoms with Gasteiger partial charge in [-0.1, -0.05) is 36.4 Å². The van der Waals surface area contributed by atoms with E-state index in [4.69, 9.17) is 0 Å². The van der Waals surface area contributed by atoms with E-state index in [9.17, 15) is 21.0 Å². The van der Waals surface area contributed by atoms with Crippen LogP contribution in [0.15, 0.2) is 36.4 Å². The summed E-state index contributed by atoms with van der Waals surface area (Å²) in [6.45, 7) is 0. The van der Waals surface area contributed by atoms with E-state index in [0.29, 0.717) is 10.8 Å². The quantitative estimate of drug-likeness (QED) is 0.588. The minimum absolute atomic E-state index is 0.0367. The topological polar surface area (TPSA) is 95.2 Å². The summed E-state index contributed by atoms with van der Waals surface area (Å²) in [5.41, 5.74) is 0.207. The van der Waals surface area contributed by atoms with Crippen LogP contribution in [0.2, 0.25) is 0 Å². The van der Waals surface area contributed by atoms with Crippen LogP contribution in [-0.4, -0.2) is 0 Å². The van der Waals surface area contributed by atoms with E-state index in [1.165, 1.54) is 0 Å². The van der Waals surface area contributed by atoms with Crippen molar-refractivity contribution in [1.29, 1.82) is 21.0 Å². The van der Waals surface area contributed by atoms with Crippen molar-refractivity contribution in [1.82, 2.24) is 0 Å². The first-order valence-electron chi connectivity index (χ1n) is 6.38. The Morgan fingerprint density at radius 1 is 0.545 bits per heavy atom. The lowest BCUT2D eigenvalue weighted by Crippen LogP contribution is -1.98. The van der Waals surface area contributed by atoms with Crippen LogP contribution in [-0.2, 0) is 0 Å². The highest BCUT2D eigenvalue weighted by atomic mass is 14.3. The highest BCUT2D eigenvalue weighted by molar-refractivity contribution is 6.13. The highest BCUT2D eigenvalue weighted by Gasteiger charge is 2.20. The van der Waals surface area contributed by atoms with Gasteiger partial charge in [0.05, 0.1) is 22.3 Å². The van der Waals surface area contributed by atoms with Gasteiger partial charge in [0.15, 0.2) is 0 Å². The van der Waals surface area contributed by atoms with Crippen molar-refractivity contribution in [2.75, 3.05) is 0 Å². The van der Waals surface area contributed by atoms with Gasteiger partial charge in [0.2, 0.25) is 0 Å². The number of hydrogen-bond acceptors (Lipinski definition) is 4. The molecule has 0 saturated heterocycles. The van der Waals surface area contributed by atoms with Crippen molar-refractivity contribution in [2.45, 2.75) is 0 Å². The minimum atomic E-state index is -0.0377. The molecule has 0 aliphatic heterocycles. The van der Waals surface area contributed by atoms with Crippen LogP contribution in [0.5, 0.6) is 0 Å². The van der Waals surface area contributed by atoms with Crippen LogP contribution in [0, 0.1) is 45.3 Å². The van der Waals surface area contributed by atoms with Crippen molar-refractivity contribution < 1.29 is 0 Å². The van der Waals surface area contributed by atoms with Gasteiger partial charge < -0.3 is 0 Å². The largest absolute Gasteiger partial charge is 0.192 e. The van der Waals surface area contributed by atoms with Crippen molar-refractivity contribution in [3.63, 3.8) is 0 Å². The van der Waals surface area contributed by atoms with Crippen LogP contribution in [0.1, 0.15) is 22.3 Å². The van der Waals surface area contributed by atoms with Gasteiger partial charge in [-0.3, -0.25) is 0 Å². The standard InChI is InChI=1S/C18H6N4/c19-7-14-13-6-5-11-3-1-2-4-12(11)18(13)17(10-22)16(9-21)15(14)8-20/h1-6H. The monoisotopic (exact) mass is 278 g/mol. The van der Waals surface area contributed by atoms with E-state index in [0.717, 1.165) is 10.8 Å². The maximum atomic E-state index is 9.50. The maximum absolute atomic E-state index is 9.50. The van der Waals surface area contributed by atoms with Crippen LogP contribution < -0.4 is 0 Å². The van der Waals surface area contributed by atoms with Crippen LogP contribution in [0.4, 0.5) is 0 Å². The fourth-order valence-electron chi connectivity index (χ4n) is 2.71. The Balaban J connectivity index is 2.77. The lowest BCUT2D eigenvalue weighted by molar-refractivity contribution is 1.39. The van der Waals surface area contributed by atoms with E-state index in [1.54, 1.807) is 6.07 Å². The van der Waals surface area contributed by atoms with E-state index >= 15 is 0 Å². The summed E-state index contributed by atoms with van der Waals surface area (Å²) in [6.07, 6.45) is 0. The highest BCUT2D eigenvalue weighted by Crippen LogP contribution is 2.34. The molecule has 0 fully saturated rings. The van der Waals surface area contributed by atoms with Gasteiger partial charge in [-0.2, -0.15) is 21.0 Å². The number of benzene rings is 3. The molecule has 0 aromatic heterocycles. The van der Waals surface area contributed by atoms with E-state index in [1.807, 2.05) is 54.6 Å². The maximum Gasteiger partial charge on any atom is 0.102 e. The zero-order valence-corrected chi connectivity index (χ0v) is 11.3. The Kier molecular flexibility index (Phi) is 2.94. The van der Waals surface area contributed by atoms with Crippen LogP contribution in [0.25, 0.3) is 21.5 Å². The molecule has 0 unspecified atom stereocenters. The molecule has 4 nitrogen and oxygen atoms in total. The Hall–Kier alpha value is -3.86. The molecule has 0 heterocycles. The zero-order chi connectivity index (χ0) is 15.7. The Morgan fingerprint density at radius 2 is 1.14 bits per heavy atom. The second kappa shape index (κ2) is 4.92. The smallest absolute Gasteiger partial charge is 0.102 e. The molecule has 0 radical (unpaired) electrons. The molecule has 0 saturated carbocycles. The van der Waals surface area contributed by atoms with Crippen molar-refractivity contribution in [2.24, 2.45) is 0 Å². The second-order valence-electron chi connectivity index (χ2n) is 4.66. The molecule has 3 aromatic rings. The fourth-order valence-corrected chi connectivity index (χ4v) is 2.71. The number of fused-ring (bicyclic) bond motifs is 3. The van der Waals surface area contributed by atoms with E-state index < -0.39 is 0 Å². The van der Waals surface area contributed by atoms with Crippen LogP contribution >= 0.6 is 0 Å². The number of rotatable bonds is 0. The molecule has 0 atom stereocenters. The minimum Gasteiger partial charge on any atom is -0.192 e. The molecule has 4 heteroatoms. The Morgan fingerprint density at radius 3 is 1.77 bits per heavy atom. The summed E-state index contributed by atoms with van der Waals surface area (Å²) in [7, 11) is 0. The molecular weight excluding hydrogens is 272 g/mol. The van der Waals surface area contributed by atoms with Crippen molar-refractivity contribution in [3.8, 4) is 24.3 Å². The van der Waals surface area contributed by atoms with Gasteiger partial charge in [-0.25, -0.2) is 0 Å². The first kappa shape index (κ1) is 13.1. The average Bonchev–Trinajstić information content (AvgIpc) is 2.58. The lowest BCUT2D eigenvalue weighted by atomic mass is 9.88. The zero-order valence-electron chi connectivity index (χ0n) is 11.3. The van der Waals surface area contributed by atoms with Crippen LogP contribution in [0.3, 0.4) is 0 Å². The molecule has 3 rings (SSSR count). The SMILES string of the molecule is N#Cc1c(C#N)c(C#N)c2c(ccc3ccccc32)c1C#N. The van der Waals surface area contributed by atoms with Gasteiger partial charge in [-0.05, 0) is 10.8 Å². The number of nitrogens with zero attached hydrogens (tertiary/aromatic N) is 4. The summed E-state index contributed by atoms with van der Waals surface area (Å²) in [5.74, 6) is 0. The third-order valence-electron chi connectivity index (χ3n) is 3.65. The van der Waals surface area contributed by atoms with Gasteiger partial charge in [0.25, 0.3) is 0 Å². The molecule has 22 heavy (non-hydrogen) atoms. The molecule has 98 valence electrons. The fraction of sp³-hybridized carbons (Fsp3) is 0. The second-order valence-corrected chi connectivity index (χ2v) is 4.66. The normalized spacial score (nSPS) is 9.64. The van der Waals surface area contributed by atoms with Crippen molar-refractivity contribution in [3.05, 3.63) is 58.7 Å². The first-order chi connectivity index (χ1) is 10.8. The third-order valence-corrected chi connectivity index (χ3v) is 3.65. The molecule has 0 spiro atoms. The number of nitriles is 4. The van der Waals surface area contributed by atoms with Gasteiger partial charge >= 0.3 is 0 Å². The molecular formula is C18H6N4. The molecule has 0 N–H and O–H groups in total. The summed E-state index contributed by atoms with van der Waals surface area (Å²) in [5, 5.41) is 40.3. The predicted molar refractivity (Wildman–Crippen MR) is 80.3 cm³/mol. The Labute approximate surface area is 126 Å². The van der Waals surface area contributed by atoms with Gasteiger partial charge in [0, 0.05) is 10.8 Å². The summed E-state index contributed by atoms with van der Waals surface area (Å²) < 4.78 is 0. The molecule has 0 aliphatic rings. The molecule has 0 aliphatic carbocycles. The van der Waals surface area contributed by atoms with E-state index in [2.05, 4.69) is 0 Å². The summed E-state index contributed by atoms with van der Waals surface area (Å²) >= 11 is 0. The van der Waals surface area contributed by atoms with E-state index in [-0.39, 0.29) is 22.3 Å². The lowest BCUT2D eigenvalue weighted by Gasteiger charge is -2.10. The molecule has 0 bridgehead atoms. The average molecular weight is 278 g/mol. The molecule has 3 aromatic carbocycles. The Bertz CT molecular complexity index is 1110. The van der Waals surface area contributed by atoms with Crippen molar-refractivity contribution >= 4 is 21.5 Å². The third kappa shape index (κ3) is 1.60. The van der Waals surface area contributed by atoms with Gasteiger partial charge in [0.1, 0.15) is 24.3 Å². The predicted octanol–water partition coefficient (Wildman–Crippen LogP) is 3.48.